The Labute approximate surface area is 137 Å². The van der Waals surface area contributed by atoms with E-state index in [1.165, 1.54) is 5.56 Å². The van der Waals surface area contributed by atoms with E-state index in [1.807, 2.05) is 0 Å². The van der Waals surface area contributed by atoms with Gasteiger partial charge in [0.15, 0.2) is 0 Å². The number of hydrogen-bond donors (Lipinski definition) is 2. The zero-order valence-corrected chi connectivity index (χ0v) is 15.6. The molecule has 120 valence electrons. The van der Waals surface area contributed by atoms with Crippen molar-refractivity contribution in [2.75, 3.05) is 5.33 Å². The van der Waals surface area contributed by atoms with Crippen molar-refractivity contribution in [1.29, 1.82) is 0 Å². The molecule has 2 atom stereocenters. The molecule has 1 rings (SSSR count). The Bertz CT molecular complexity index is 437. The maximum absolute atomic E-state index is 10.6. The molecule has 1 aromatic rings. The highest BCUT2D eigenvalue weighted by atomic mass is 79.9. The Kier molecular flexibility index (Phi) is 6.89. The van der Waals surface area contributed by atoms with Crippen molar-refractivity contribution in [1.82, 2.24) is 0 Å². The summed E-state index contributed by atoms with van der Waals surface area (Å²) in [6.45, 7) is 12.9. The second-order valence-electron chi connectivity index (χ2n) is 6.74. The molecule has 0 heterocycles. The summed E-state index contributed by atoms with van der Waals surface area (Å²) in [5.41, 5.74) is 4.51. The molecule has 0 saturated heterocycles. The lowest BCUT2D eigenvalue weighted by atomic mass is 9.81. The Morgan fingerprint density at radius 1 is 0.857 bits per heavy atom. The normalized spacial score (nSPS) is 15.0. The first kappa shape index (κ1) is 18.7. The van der Waals surface area contributed by atoms with Crippen LogP contribution in [0.25, 0.3) is 0 Å². The highest BCUT2D eigenvalue weighted by Gasteiger charge is 2.26. The molecule has 0 saturated carbocycles. The molecule has 2 unspecified atom stereocenters. The summed E-state index contributed by atoms with van der Waals surface area (Å²) in [6.07, 6.45) is -1.63. The number of hydrogen-bond acceptors (Lipinski definition) is 2. The summed E-state index contributed by atoms with van der Waals surface area (Å²) in [7, 11) is 0. The van der Waals surface area contributed by atoms with Gasteiger partial charge in [0.05, 0.1) is 6.10 Å². The zero-order chi connectivity index (χ0) is 16.3. The van der Waals surface area contributed by atoms with Gasteiger partial charge in [-0.2, -0.15) is 0 Å². The van der Waals surface area contributed by atoms with Gasteiger partial charge in [-0.15, -0.1) is 0 Å². The van der Waals surface area contributed by atoms with Gasteiger partial charge in [-0.3, -0.25) is 0 Å². The van der Waals surface area contributed by atoms with Gasteiger partial charge in [-0.1, -0.05) is 69.6 Å². The van der Waals surface area contributed by atoms with Crippen molar-refractivity contribution >= 4 is 15.9 Å². The molecular formula is C18H29BrO2. The fourth-order valence-electron chi connectivity index (χ4n) is 2.63. The van der Waals surface area contributed by atoms with E-state index in [2.05, 4.69) is 69.6 Å². The molecule has 21 heavy (non-hydrogen) atoms. The van der Waals surface area contributed by atoms with Crippen LogP contribution in [-0.4, -0.2) is 21.6 Å². The third-order valence-corrected chi connectivity index (χ3v) is 4.66. The first-order chi connectivity index (χ1) is 9.70. The average Bonchev–Trinajstić information content (AvgIpc) is 2.43. The predicted molar refractivity (Wildman–Crippen MR) is 93.5 cm³/mol. The minimum atomic E-state index is -0.847. The standard InChI is InChI=1S/C18H29BrO2/c1-10(2)13-7-14(11(3)4)17(15(8-13)12(5)6)18(21)16(20)9-19/h7-8,10-12,16,18,20-21H,9H2,1-6H3. The van der Waals surface area contributed by atoms with Crippen molar-refractivity contribution < 1.29 is 10.2 Å². The molecule has 0 spiro atoms. The Morgan fingerprint density at radius 2 is 1.29 bits per heavy atom. The van der Waals surface area contributed by atoms with Gasteiger partial charge in [-0.25, -0.2) is 0 Å². The van der Waals surface area contributed by atoms with Gasteiger partial charge in [0.1, 0.15) is 6.10 Å². The fourth-order valence-corrected chi connectivity index (χ4v) is 2.98. The van der Waals surface area contributed by atoms with Crippen molar-refractivity contribution in [3.63, 3.8) is 0 Å². The Balaban J connectivity index is 3.57. The monoisotopic (exact) mass is 356 g/mol. The van der Waals surface area contributed by atoms with E-state index < -0.39 is 12.2 Å². The number of alkyl halides is 1. The molecule has 2 N–H and O–H groups in total. The zero-order valence-electron chi connectivity index (χ0n) is 14.0. The molecule has 0 radical (unpaired) electrons. The number of benzene rings is 1. The van der Waals surface area contributed by atoms with Crippen LogP contribution in [0, 0.1) is 0 Å². The molecule has 0 bridgehead atoms. The fraction of sp³-hybridized carbons (Fsp3) is 0.667. The van der Waals surface area contributed by atoms with Crippen molar-refractivity contribution in [3.8, 4) is 0 Å². The van der Waals surface area contributed by atoms with Crippen LogP contribution >= 0.6 is 15.9 Å². The predicted octanol–water partition coefficient (Wildman–Crippen LogP) is 4.85. The molecule has 0 aliphatic heterocycles. The van der Waals surface area contributed by atoms with Gasteiger partial charge < -0.3 is 10.2 Å². The number of rotatable bonds is 6. The molecule has 0 aromatic heterocycles. The topological polar surface area (TPSA) is 40.5 Å². The first-order valence-corrected chi connectivity index (χ1v) is 8.92. The third-order valence-electron chi connectivity index (χ3n) is 4.00. The highest BCUT2D eigenvalue weighted by Crippen LogP contribution is 2.37. The van der Waals surface area contributed by atoms with Crippen molar-refractivity contribution in [2.45, 2.75) is 71.5 Å². The van der Waals surface area contributed by atoms with Gasteiger partial charge in [0.25, 0.3) is 0 Å². The summed E-state index contributed by atoms with van der Waals surface area (Å²) >= 11 is 3.26. The average molecular weight is 357 g/mol. The lowest BCUT2D eigenvalue weighted by Crippen LogP contribution is -2.23. The second-order valence-corrected chi connectivity index (χ2v) is 7.39. The van der Waals surface area contributed by atoms with E-state index >= 15 is 0 Å². The van der Waals surface area contributed by atoms with Gasteiger partial charge in [0.2, 0.25) is 0 Å². The summed E-state index contributed by atoms with van der Waals surface area (Å²) < 4.78 is 0. The van der Waals surface area contributed by atoms with Gasteiger partial charge in [-0.05, 0) is 40.0 Å². The molecule has 0 fully saturated rings. The minimum absolute atomic E-state index is 0.313. The molecular weight excluding hydrogens is 328 g/mol. The SMILES string of the molecule is CC(C)c1cc(C(C)C)c(C(O)C(O)CBr)c(C(C)C)c1. The van der Waals surface area contributed by atoms with Crippen LogP contribution in [0.15, 0.2) is 12.1 Å². The second kappa shape index (κ2) is 7.75. The largest absolute Gasteiger partial charge is 0.389 e. The van der Waals surface area contributed by atoms with E-state index in [0.717, 1.165) is 16.7 Å². The lowest BCUT2D eigenvalue weighted by molar-refractivity contribution is 0.0328. The molecule has 0 aliphatic rings. The van der Waals surface area contributed by atoms with Crippen LogP contribution in [0.3, 0.4) is 0 Å². The summed E-state index contributed by atoms with van der Waals surface area (Å²) in [5, 5.41) is 21.0. The van der Waals surface area contributed by atoms with Crippen LogP contribution in [0.2, 0.25) is 0 Å². The maximum atomic E-state index is 10.6. The van der Waals surface area contributed by atoms with Gasteiger partial charge in [0, 0.05) is 5.33 Å². The quantitative estimate of drug-likeness (QED) is 0.715. The molecule has 2 nitrogen and oxygen atoms in total. The smallest absolute Gasteiger partial charge is 0.106 e. The maximum Gasteiger partial charge on any atom is 0.106 e. The summed E-state index contributed by atoms with van der Waals surface area (Å²) in [6, 6.07) is 4.39. The molecule has 3 heteroatoms. The van der Waals surface area contributed by atoms with Crippen LogP contribution in [0.5, 0.6) is 0 Å². The highest BCUT2D eigenvalue weighted by molar-refractivity contribution is 9.09. The Hall–Kier alpha value is -0.380. The number of aliphatic hydroxyl groups excluding tert-OH is 2. The van der Waals surface area contributed by atoms with Crippen molar-refractivity contribution in [2.24, 2.45) is 0 Å². The summed E-state index contributed by atoms with van der Waals surface area (Å²) in [5.74, 6) is 1.08. The third kappa shape index (κ3) is 4.30. The Morgan fingerprint density at radius 3 is 1.57 bits per heavy atom. The molecule has 0 amide bonds. The first-order valence-electron chi connectivity index (χ1n) is 7.80. The van der Waals surface area contributed by atoms with Gasteiger partial charge >= 0.3 is 0 Å². The van der Waals surface area contributed by atoms with Crippen molar-refractivity contribution in [3.05, 3.63) is 34.4 Å². The van der Waals surface area contributed by atoms with E-state index in [-0.39, 0.29) is 0 Å². The number of halogens is 1. The summed E-state index contributed by atoms with van der Waals surface area (Å²) in [4.78, 5) is 0. The van der Waals surface area contributed by atoms with E-state index in [0.29, 0.717) is 23.1 Å². The molecule has 0 aliphatic carbocycles. The van der Waals surface area contributed by atoms with Crippen LogP contribution in [0.4, 0.5) is 0 Å². The van der Waals surface area contributed by atoms with E-state index in [9.17, 15) is 10.2 Å². The van der Waals surface area contributed by atoms with Crippen LogP contribution < -0.4 is 0 Å². The van der Waals surface area contributed by atoms with Crippen LogP contribution in [-0.2, 0) is 0 Å². The molecule has 1 aromatic carbocycles. The number of aliphatic hydroxyl groups is 2. The van der Waals surface area contributed by atoms with E-state index in [4.69, 9.17) is 0 Å². The van der Waals surface area contributed by atoms with E-state index in [1.54, 1.807) is 0 Å². The van der Waals surface area contributed by atoms with Crippen LogP contribution in [0.1, 0.15) is 87.7 Å². The minimum Gasteiger partial charge on any atom is -0.389 e. The lowest BCUT2D eigenvalue weighted by Gasteiger charge is -2.27.